The van der Waals surface area contributed by atoms with E-state index in [2.05, 4.69) is 10.3 Å². The molecule has 0 saturated carbocycles. The predicted octanol–water partition coefficient (Wildman–Crippen LogP) is 2.98. The summed E-state index contributed by atoms with van der Waals surface area (Å²) in [5.74, 6) is -0.533. The first kappa shape index (κ1) is 18.2. The molecule has 0 spiro atoms. The Morgan fingerprint density at radius 1 is 1.11 bits per heavy atom. The van der Waals surface area contributed by atoms with Crippen molar-refractivity contribution in [2.75, 3.05) is 19.5 Å². The van der Waals surface area contributed by atoms with Crippen LogP contribution in [0, 0.1) is 0 Å². The van der Waals surface area contributed by atoms with Crippen LogP contribution in [0.25, 0.3) is 10.9 Å². The maximum Gasteiger partial charge on any atom is 0.339 e. The van der Waals surface area contributed by atoms with Crippen molar-refractivity contribution in [1.82, 2.24) is 9.88 Å². The van der Waals surface area contributed by atoms with Crippen molar-refractivity contribution in [1.29, 1.82) is 0 Å². The number of hydrogen-bond donors (Lipinski definition) is 2. The summed E-state index contributed by atoms with van der Waals surface area (Å²) in [5, 5.41) is 3.58. The summed E-state index contributed by atoms with van der Waals surface area (Å²) in [4.78, 5) is 40.5. The van der Waals surface area contributed by atoms with Gasteiger partial charge in [0.25, 0.3) is 0 Å². The van der Waals surface area contributed by atoms with E-state index in [1.807, 2.05) is 24.3 Å². The Morgan fingerprint density at radius 2 is 1.81 bits per heavy atom. The number of aromatic nitrogens is 1. The molecule has 0 unspecified atom stereocenters. The fraction of sp³-hybridized carbons (Fsp3) is 0.150. The number of para-hydroxylation sites is 2. The molecule has 1 heterocycles. The van der Waals surface area contributed by atoms with Crippen molar-refractivity contribution < 1.29 is 14.3 Å². The smallest absolute Gasteiger partial charge is 0.339 e. The molecule has 7 heteroatoms. The van der Waals surface area contributed by atoms with E-state index < -0.39 is 12.0 Å². The monoisotopic (exact) mass is 365 g/mol. The number of nitrogens with one attached hydrogen (secondary N) is 2. The lowest BCUT2D eigenvalue weighted by molar-refractivity contribution is 0.0602. The van der Waals surface area contributed by atoms with E-state index in [0.29, 0.717) is 11.2 Å². The number of nitrogens with zero attached hydrogens (tertiary/aromatic N) is 1. The van der Waals surface area contributed by atoms with Crippen LogP contribution in [-0.2, 0) is 11.3 Å². The van der Waals surface area contributed by atoms with Crippen LogP contribution >= 0.6 is 0 Å². The van der Waals surface area contributed by atoms with Gasteiger partial charge in [-0.25, -0.2) is 9.59 Å². The van der Waals surface area contributed by atoms with E-state index in [1.54, 1.807) is 31.3 Å². The number of urea groups is 1. The minimum atomic E-state index is -0.533. The zero-order valence-corrected chi connectivity index (χ0v) is 15.0. The number of benzene rings is 2. The second-order valence-corrected chi connectivity index (χ2v) is 6.03. The molecule has 7 nitrogen and oxygen atoms in total. The Bertz CT molecular complexity index is 1060. The number of carbonyl (C=O) groups is 2. The number of anilines is 1. The van der Waals surface area contributed by atoms with Crippen molar-refractivity contribution in [2.24, 2.45) is 0 Å². The van der Waals surface area contributed by atoms with Gasteiger partial charge in [0.1, 0.15) is 0 Å². The van der Waals surface area contributed by atoms with Gasteiger partial charge >= 0.3 is 12.0 Å². The number of aromatic amines is 1. The first-order valence-electron chi connectivity index (χ1n) is 8.30. The van der Waals surface area contributed by atoms with Crippen LogP contribution in [0.3, 0.4) is 0 Å². The molecule has 27 heavy (non-hydrogen) atoms. The number of carbonyl (C=O) groups excluding carboxylic acids is 2. The maximum atomic E-state index is 12.6. The van der Waals surface area contributed by atoms with Gasteiger partial charge in [0.2, 0.25) is 5.56 Å². The summed E-state index contributed by atoms with van der Waals surface area (Å²) in [6.07, 6.45) is 0. The minimum Gasteiger partial charge on any atom is -0.465 e. The van der Waals surface area contributed by atoms with E-state index in [1.165, 1.54) is 18.1 Å². The number of H-pyrrole nitrogens is 1. The fourth-order valence-corrected chi connectivity index (χ4v) is 2.83. The van der Waals surface area contributed by atoms with E-state index in [9.17, 15) is 14.4 Å². The first-order chi connectivity index (χ1) is 13.0. The van der Waals surface area contributed by atoms with Crippen LogP contribution in [0.4, 0.5) is 10.5 Å². The average Bonchev–Trinajstić information content (AvgIpc) is 2.67. The van der Waals surface area contributed by atoms with E-state index >= 15 is 0 Å². The van der Waals surface area contributed by atoms with Crippen molar-refractivity contribution in [2.45, 2.75) is 6.54 Å². The molecule has 0 aliphatic carbocycles. The molecule has 0 bridgehead atoms. The summed E-state index contributed by atoms with van der Waals surface area (Å²) >= 11 is 0. The van der Waals surface area contributed by atoms with Crippen molar-refractivity contribution in [3.05, 3.63) is 76.1 Å². The Morgan fingerprint density at radius 3 is 2.59 bits per heavy atom. The molecule has 0 aliphatic heterocycles. The van der Waals surface area contributed by atoms with Gasteiger partial charge in [-0.15, -0.1) is 0 Å². The highest BCUT2D eigenvalue weighted by Crippen LogP contribution is 2.19. The highest BCUT2D eigenvalue weighted by Gasteiger charge is 2.16. The Hall–Kier alpha value is -3.61. The summed E-state index contributed by atoms with van der Waals surface area (Å²) in [6, 6.07) is 15.1. The molecule has 0 radical (unpaired) electrons. The van der Waals surface area contributed by atoms with Gasteiger partial charge in [-0.3, -0.25) is 4.79 Å². The molecule has 3 rings (SSSR count). The molecule has 1 aromatic heterocycles. The standard InChI is InChI=1S/C20H19N3O4/c1-23(12-13-11-18(24)21-16-9-5-3-7-14(13)16)20(26)22-17-10-6-4-8-15(17)19(25)27-2/h3-11H,12H2,1-2H3,(H,21,24)(H,22,26). The third-order valence-corrected chi connectivity index (χ3v) is 4.16. The van der Waals surface area contributed by atoms with E-state index in [-0.39, 0.29) is 17.7 Å². The molecule has 138 valence electrons. The predicted molar refractivity (Wildman–Crippen MR) is 103 cm³/mol. The number of rotatable bonds is 4. The molecule has 3 aromatic rings. The Balaban J connectivity index is 1.82. The second kappa shape index (κ2) is 7.74. The second-order valence-electron chi connectivity index (χ2n) is 6.03. The zero-order chi connectivity index (χ0) is 19.4. The number of fused-ring (bicyclic) bond motifs is 1. The third-order valence-electron chi connectivity index (χ3n) is 4.16. The van der Waals surface area contributed by atoms with Gasteiger partial charge in [-0.2, -0.15) is 0 Å². The lowest BCUT2D eigenvalue weighted by Crippen LogP contribution is -2.31. The largest absolute Gasteiger partial charge is 0.465 e. The van der Waals surface area contributed by atoms with Gasteiger partial charge < -0.3 is 19.9 Å². The lowest BCUT2D eigenvalue weighted by atomic mass is 10.1. The summed E-state index contributed by atoms with van der Waals surface area (Å²) in [7, 11) is 2.90. The number of pyridine rings is 1. The van der Waals surface area contributed by atoms with Crippen LogP contribution in [0.15, 0.2) is 59.4 Å². The van der Waals surface area contributed by atoms with Crippen molar-refractivity contribution >= 4 is 28.6 Å². The highest BCUT2D eigenvalue weighted by molar-refractivity contribution is 6.00. The average molecular weight is 365 g/mol. The summed E-state index contributed by atoms with van der Waals surface area (Å²) in [6.45, 7) is 0.233. The van der Waals surface area contributed by atoms with Gasteiger partial charge in [0, 0.05) is 30.6 Å². The number of amides is 2. The van der Waals surface area contributed by atoms with Crippen molar-refractivity contribution in [3.8, 4) is 0 Å². The Kier molecular flexibility index (Phi) is 5.21. The molecule has 2 N–H and O–H groups in total. The molecule has 2 aromatic carbocycles. The first-order valence-corrected chi connectivity index (χ1v) is 8.30. The van der Waals surface area contributed by atoms with Crippen LogP contribution in [0.2, 0.25) is 0 Å². The van der Waals surface area contributed by atoms with Crippen LogP contribution < -0.4 is 10.9 Å². The van der Waals surface area contributed by atoms with Crippen LogP contribution in [0.1, 0.15) is 15.9 Å². The lowest BCUT2D eigenvalue weighted by Gasteiger charge is -2.19. The van der Waals surface area contributed by atoms with E-state index in [0.717, 1.165) is 10.9 Å². The Labute approximate surface area is 155 Å². The quantitative estimate of drug-likeness (QED) is 0.696. The van der Waals surface area contributed by atoms with Gasteiger partial charge in [0.05, 0.1) is 18.4 Å². The van der Waals surface area contributed by atoms with Crippen LogP contribution in [0.5, 0.6) is 0 Å². The summed E-state index contributed by atoms with van der Waals surface area (Å²) in [5.41, 5.74) is 1.84. The molecule has 0 fully saturated rings. The molecule has 0 aliphatic rings. The fourth-order valence-electron chi connectivity index (χ4n) is 2.83. The van der Waals surface area contributed by atoms with Crippen LogP contribution in [-0.4, -0.2) is 36.0 Å². The van der Waals surface area contributed by atoms with Crippen molar-refractivity contribution in [3.63, 3.8) is 0 Å². The molecular weight excluding hydrogens is 346 g/mol. The number of ether oxygens (including phenoxy) is 1. The third kappa shape index (κ3) is 3.98. The molecular formula is C20H19N3O4. The normalized spacial score (nSPS) is 10.4. The van der Waals surface area contributed by atoms with E-state index in [4.69, 9.17) is 4.74 Å². The number of esters is 1. The van der Waals surface area contributed by atoms with Gasteiger partial charge in [-0.05, 0) is 23.8 Å². The summed E-state index contributed by atoms with van der Waals surface area (Å²) < 4.78 is 4.73. The number of hydrogen-bond acceptors (Lipinski definition) is 4. The number of methoxy groups -OCH3 is 1. The molecule has 0 atom stereocenters. The maximum absolute atomic E-state index is 12.6. The topological polar surface area (TPSA) is 91.5 Å². The molecule has 2 amide bonds. The zero-order valence-electron chi connectivity index (χ0n) is 15.0. The minimum absolute atomic E-state index is 0.228. The van der Waals surface area contributed by atoms with Gasteiger partial charge in [-0.1, -0.05) is 30.3 Å². The SMILES string of the molecule is COC(=O)c1ccccc1NC(=O)N(C)Cc1cc(=O)[nH]c2ccccc12. The highest BCUT2D eigenvalue weighted by atomic mass is 16.5. The molecule has 0 saturated heterocycles. The van der Waals surface area contributed by atoms with Gasteiger partial charge in [0.15, 0.2) is 0 Å².